The standard InChI is InChI=1S/C8H15N3O/c1-11(2)5-7-4-8(6-12-3)10-9-7/h4H,5-6H2,1-3H3,(H,9,10). The van der Waals surface area contributed by atoms with Gasteiger partial charge in [-0.2, -0.15) is 5.10 Å². The predicted octanol–water partition coefficient (Wildman–Crippen LogP) is 0.618. The fourth-order valence-corrected chi connectivity index (χ4v) is 1.04. The molecular weight excluding hydrogens is 154 g/mol. The maximum absolute atomic E-state index is 4.96. The summed E-state index contributed by atoms with van der Waals surface area (Å²) < 4.78 is 4.96. The van der Waals surface area contributed by atoms with Gasteiger partial charge in [0.25, 0.3) is 0 Å². The van der Waals surface area contributed by atoms with Crippen molar-refractivity contribution in [3.05, 3.63) is 17.5 Å². The molecule has 0 saturated carbocycles. The van der Waals surface area contributed by atoms with Crippen LogP contribution < -0.4 is 0 Å². The molecule has 0 fully saturated rings. The van der Waals surface area contributed by atoms with Crippen molar-refractivity contribution in [2.75, 3.05) is 21.2 Å². The molecule has 68 valence electrons. The quantitative estimate of drug-likeness (QED) is 0.718. The Kier molecular flexibility index (Phi) is 3.25. The van der Waals surface area contributed by atoms with Gasteiger partial charge >= 0.3 is 0 Å². The molecule has 1 rings (SSSR count). The van der Waals surface area contributed by atoms with Gasteiger partial charge in [0.05, 0.1) is 18.0 Å². The van der Waals surface area contributed by atoms with Crippen LogP contribution in [0.15, 0.2) is 6.07 Å². The van der Waals surface area contributed by atoms with E-state index in [4.69, 9.17) is 4.74 Å². The summed E-state index contributed by atoms with van der Waals surface area (Å²) in [5.41, 5.74) is 2.07. The maximum atomic E-state index is 4.96. The lowest BCUT2D eigenvalue weighted by Crippen LogP contribution is -2.10. The molecule has 1 aromatic rings. The number of aromatic nitrogens is 2. The first-order valence-corrected chi connectivity index (χ1v) is 3.89. The number of methoxy groups -OCH3 is 1. The van der Waals surface area contributed by atoms with Gasteiger partial charge in [0.15, 0.2) is 0 Å². The smallest absolute Gasteiger partial charge is 0.0878 e. The van der Waals surface area contributed by atoms with Crippen LogP contribution in [0.4, 0.5) is 0 Å². The molecule has 4 nitrogen and oxygen atoms in total. The van der Waals surface area contributed by atoms with Crippen LogP contribution in [0, 0.1) is 0 Å². The molecular formula is C8H15N3O. The monoisotopic (exact) mass is 169 g/mol. The van der Waals surface area contributed by atoms with E-state index < -0.39 is 0 Å². The van der Waals surface area contributed by atoms with Crippen LogP contribution in [0.25, 0.3) is 0 Å². The van der Waals surface area contributed by atoms with E-state index in [1.54, 1.807) is 7.11 Å². The van der Waals surface area contributed by atoms with Crippen molar-refractivity contribution >= 4 is 0 Å². The minimum absolute atomic E-state index is 0.598. The van der Waals surface area contributed by atoms with Gasteiger partial charge in [-0.25, -0.2) is 0 Å². The Bertz CT molecular complexity index is 232. The number of nitrogens with zero attached hydrogens (tertiary/aromatic N) is 2. The molecule has 0 atom stereocenters. The second-order valence-corrected chi connectivity index (χ2v) is 3.06. The lowest BCUT2D eigenvalue weighted by Gasteiger charge is -2.04. The number of hydrogen-bond donors (Lipinski definition) is 1. The van der Waals surface area contributed by atoms with Gasteiger partial charge < -0.3 is 9.64 Å². The number of nitrogens with one attached hydrogen (secondary N) is 1. The first-order valence-electron chi connectivity index (χ1n) is 3.89. The fraction of sp³-hybridized carbons (Fsp3) is 0.625. The third-order valence-corrected chi connectivity index (χ3v) is 1.46. The minimum Gasteiger partial charge on any atom is -0.378 e. The van der Waals surface area contributed by atoms with Gasteiger partial charge in [-0.15, -0.1) is 0 Å². The van der Waals surface area contributed by atoms with Crippen molar-refractivity contribution < 1.29 is 4.74 Å². The molecule has 4 heteroatoms. The van der Waals surface area contributed by atoms with E-state index in [2.05, 4.69) is 15.1 Å². The zero-order chi connectivity index (χ0) is 8.97. The van der Waals surface area contributed by atoms with Crippen LogP contribution in [0.1, 0.15) is 11.4 Å². The Morgan fingerprint density at radius 3 is 2.92 bits per heavy atom. The molecule has 1 aromatic heterocycles. The summed E-state index contributed by atoms with van der Waals surface area (Å²) in [6, 6.07) is 2.02. The molecule has 0 unspecified atom stereocenters. The van der Waals surface area contributed by atoms with E-state index in [-0.39, 0.29) is 0 Å². The van der Waals surface area contributed by atoms with Gasteiger partial charge in [-0.1, -0.05) is 0 Å². The van der Waals surface area contributed by atoms with Crippen LogP contribution >= 0.6 is 0 Å². The Balaban J connectivity index is 2.52. The number of rotatable bonds is 4. The summed E-state index contributed by atoms with van der Waals surface area (Å²) in [6.07, 6.45) is 0. The van der Waals surface area contributed by atoms with Crippen LogP contribution in [0.3, 0.4) is 0 Å². The van der Waals surface area contributed by atoms with Gasteiger partial charge in [-0.3, -0.25) is 5.10 Å². The topological polar surface area (TPSA) is 41.1 Å². The molecule has 0 aliphatic heterocycles. The first-order chi connectivity index (χ1) is 5.72. The van der Waals surface area contributed by atoms with Gasteiger partial charge in [-0.05, 0) is 20.2 Å². The first kappa shape index (κ1) is 9.22. The Morgan fingerprint density at radius 2 is 2.33 bits per heavy atom. The molecule has 0 aromatic carbocycles. The normalized spacial score (nSPS) is 11.0. The van der Waals surface area contributed by atoms with E-state index in [1.165, 1.54) is 0 Å². The SMILES string of the molecule is COCc1cc(CN(C)C)n[nH]1. The highest BCUT2D eigenvalue weighted by molar-refractivity contribution is 5.07. The Hall–Kier alpha value is -0.870. The summed E-state index contributed by atoms with van der Waals surface area (Å²) in [6.45, 7) is 1.46. The molecule has 0 bridgehead atoms. The zero-order valence-electron chi connectivity index (χ0n) is 7.79. The molecule has 0 spiro atoms. The molecule has 12 heavy (non-hydrogen) atoms. The summed E-state index contributed by atoms with van der Waals surface area (Å²) in [4.78, 5) is 2.08. The molecule has 0 radical (unpaired) electrons. The van der Waals surface area contributed by atoms with Crippen molar-refractivity contribution in [2.24, 2.45) is 0 Å². The molecule has 1 N–H and O–H groups in total. The van der Waals surface area contributed by atoms with E-state index in [9.17, 15) is 0 Å². The predicted molar refractivity (Wildman–Crippen MR) is 46.7 cm³/mol. The average Bonchev–Trinajstić information content (AvgIpc) is 2.36. The summed E-state index contributed by atoms with van der Waals surface area (Å²) in [7, 11) is 5.71. The second kappa shape index (κ2) is 4.23. The highest BCUT2D eigenvalue weighted by Crippen LogP contribution is 2.02. The lowest BCUT2D eigenvalue weighted by atomic mass is 10.3. The Morgan fingerprint density at radius 1 is 1.58 bits per heavy atom. The molecule has 1 heterocycles. The van der Waals surface area contributed by atoms with E-state index >= 15 is 0 Å². The largest absolute Gasteiger partial charge is 0.378 e. The third kappa shape index (κ3) is 2.64. The van der Waals surface area contributed by atoms with Crippen molar-refractivity contribution in [1.29, 1.82) is 0 Å². The van der Waals surface area contributed by atoms with Crippen molar-refractivity contribution in [3.8, 4) is 0 Å². The van der Waals surface area contributed by atoms with Gasteiger partial charge in [0.1, 0.15) is 0 Å². The fourth-order valence-electron chi connectivity index (χ4n) is 1.04. The third-order valence-electron chi connectivity index (χ3n) is 1.46. The van der Waals surface area contributed by atoms with E-state index in [1.807, 2.05) is 20.2 Å². The highest BCUT2D eigenvalue weighted by Gasteiger charge is 2.00. The van der Waals surface area contributed by atoms with E-state index in [0.717, 1.165) is 17.9 Å². The van der Waals surface area contributed by atoms with Gasteiger partial charge in [0.2, 0.25) is 0 Å². The average molecular weight is 169 g/mol. The van der Waals surface area contributed by atoms with Crippen molar-refractivity contribution in [1.82, 2.24) is 15.1 Å². The van der Waals surface area contributed by atoms with E-state index in [0.29, 0.717) is 6.61 Å². The number of hydrogen-bond acceptors (Lipinski definition) is 3. The van der Waals surface area contributed by atoms with Crippen molar-refractivity contribution in [2.45, 2.75) is 13.2 Å². The van der Waals surface area contributed by atoms with Gasteiger partial charge in [0, 0.05) is 13.7 Å². The number of H-pyrrole nitrogens is 1. The van der Waals surface area contributed by atoms with Crippen LogP contribution in [0.5, 0.6) is 0 Å². The molecule has 0 aliphatic carbocycles. The molecule has 0 aliphatic rings. The molecule has 0 amide bonds. The summed E-state index contributed by atoms with van der Waals surface area (Å²) in [5, 5.41) is 7.04. The lowest BCUT2D eigenvalue weighted by molar-refractivity contribution is 0.181. The van der Waals surface area contributed by atoms with Crippen LogP contribution in [-0.2, 0) is 17.9 Å². The number of ether oxygens (including phenoxy) is 1. The summed E-state index contributed by atoms with van der Waals surface area (Å²) in [5.74, 6) is 0. The Labute approximate surface area is 72.5 Å². The minimum atomic E-state index is 0.598. The zero-order valence-corrected chi connectivity index (χ0v) is 7.79. The number of aromatic amines is 1. The second-order valence-electron chi connectivity index (χ2n) is 3.06. The summed E-state index contributed by atoms with van der Waals surface area (Å²) >= 11 is 0. The van der Waals surface area contributed by atoms with Crippen LogP contribution in [0.2, 0.25) is 0 Å². The highest BCUT2D eigenvalue weighted by atomic mass is 16.5. The maximum Gasteiger partial charge on any atom is 0.0878 e. The van der Waals surface area contributed by atoms with Crippen molar-refractivity contribution in [3.63, 3.8) is 0 Å². The van der Waals surface area contributed by atoms with Crippen LogP contribution in [-0.4, -0.2) is 36.3 Å². The molecule has 0 saturated heterocycles.